The molecule has 0 unspecified atom stereocenters. The molecule has 1 N–H and O–H groups in total. The summed E-state index contributed by atoms with van der Waals surface area (Å²) in [5.41, 5.74) is 4.57. The molecule has 118 valence electrons. The average Bonchev–Trinajstić information content (AvgIpc) is 3.29. The number of aromatic nitrogens is 4. The second-order valence-corrected chi connectivity index (χ2v) is 6.39. The number of aliphatic hydroxyl groups excluding tert-OH is 1. The van der Waals surface area contributed by atoms with Crippen LogP contribution in [0.4, 0.5) is 0 Å². The van der Waals surface area contributed by atoms with Gasteiger partial charge in [-0.1, -0.05) is 24.3 Å². The first-order valence-electron chi connectivity index (χ1n) is 8.04. The van der Waals surface area contributed by atoms with Gasteiger partial charge in [-0.2, -0.15) is 10.4 Å². The van der Waals surface area contributed by atoms with Crippen LogP contribution < -0.4 is 0 Å². The average molecular weight is 317 g/mol. The summed E-state index contributed by atoms with van der Waals surface area (Å²) in [6, 6.07) is 10.5. The highest BCUT2D eigenvalue weighted by atomic mass is 16.3. The highest BCUT2D eigenvalue weighted by Gasteiger charge is 2.41. The maximum Gasteiger partial charge on any atom is 0.103 e. The number of benzene rings is 1. The van der Waals surface area contributed by atoms with Crippen molar-refractivity contribution in [1.82, 2.24) is 19.3 Å². The molecular formula is C18H15N5O. The number of nitriles is 1. The summed E-state index contributed by atoms with van der Waals surface area (Å²) in [6.07, 6.45) is 5.34. The van der Waals surface area contributed by atoms with E-state index in [1.54, 1.807) is 10.9 Å². The smallest absolute Gasteiger partial charge is 0.103 e. The molecule has 0 saturated carbocycles. The summed E-state index contributed by atoms with van der Waals surface area (Å²) in [5, 5.41) is 24.6. The highest BCUT2D eigenvalue weighted by Crippen LogP contribution is 2.49. The number of nitrogens with zero attached hydrogens (tertiary/aromatic N) is 5. The molecule has 5 rings (SSSR count). The maximum atomic E-state index is 11.0. The number of rotatable bonds is 1. The van der Waals surface area contributed by atoms with E-state index in [0.29, 0.717) is 17.8 Å². The van der Waals surface area contributed by atoms with Gasteiger partial charge >= 0.3 is 0 Å². The van der Waals surface area contributed by atoms with Gasteiger partial charge in [0.05, 0.1) is 41.7 Å². The van der Waals surface area contributed by atoms with E-state index in [-0.39, 0.29) is 12.0 Å². The van der Waals surface area contributed by atoms with Crippen LogP contribution in [0.5, 0.6) is 0 Å². The minimum atomic E-state index is -0.720. The largest absolute Gasteiger partial charge is 0.386 e. The second kappa shape index (κ2) is 4.79. The van der Waals surface area contributed by atoms with E-state index in [4.69, 9.17) is 0 Å². The van der Waals surface area contributed by atoms with Crippen LogP contribution in [0, 0.1) is 17.2 Å². The first kappa shape index (κ1) is 13.5. The first-order valence-corrected chi connectivity index (χ1v) is 8.04. The van der Waals surface area contributed by atoms with Gasteiger partial charge in [-0.15, -0.1) is 0 Å². The minimum Gasteiger partial charge on any atom is -0.386 e. The van der Waals surface area contributed by atoms with Crippen LogP contribution in [0.3, 0.4) is 0 Å². The van der Waals surface area contributed by atoms with Gasteiger partial charge in [0.1, 0.15) is 12.2 Å². The lowest BCUT2D eigenvalue weighted by atomic mass is 9.82. The zero-order chi connectivity index (χ0) is 16.3. The molecule has 2 aliphatic heterocycles. The third-order valence-corrected chi connectivity index (χ3v) is 5.29. The zero-order valence-electron chi connectivity index (χ0n) is 12.9. The molecule has 0 amide bonds. The van der Waals surface area contributed by atoms with Crippen molar-refractivity contribution in [2.24, 2.45) is 5.92 Å². The van der Waals surface area contributed by atoms with Crippen LogP contribution in [0.15, 0.2) is 43.0 Å². The Hall–Kier alpha value is -2.91. The van der Waals surface area contributed by atoms with E-state index in [2.05, 4.69) is 32.9 Å². The van der Waals surface area contributed by atoms with E-state index >= 15 is 0 Å². The lowest BCUT2D eigenvalue weighted by Gasteiger charge is -2.34. The number of hydrogen-bond donors (Lipinski definition) is 1. The highest BCUT2D eigenvalue weighted by molar-refractivity contribution is 5.69. The van der Waals surface area contributed by atoms with Gasteiger partial charge in [0.2, 0.25) is 0 Å². The Morgan fingerprint density at radius 2 is 2.12 bits per heavy atom. The predicted molar refractivity (Wildman–Crippen MR) is 85.8 cm³/mol. The van der Waals surface area contributed by atoms with Crippen molar-refractivity contribution in [1.29, 1.82) is 5.26 Å². The Bertz CT molecular complexity index is 979. The van der Waals surface area contributed by atoms with Gasteiger partial charge in [-0.25, -0.2) is 4.98 Å². The molecule has 2 aromatic heterocycles. The molecule has 1 aromatic carbocycles. The van der Waals surface area contributed by atoms with E-state index < -0.39 is 6.10 Å². The molecule has 3 atom stereocenters. The van der Waals surface area contributed by atoms with Crippen molar-refractivity contribution in [3.05, 3.63) is 59.8 Å². The van der Waals surface area contributed by atoms with Crippen LogP contribution in [0.25, 0.3) is 11.3 Å². The van der Waals surface area contributed by atoms with Gasteiger partial charge in [0.25, 0.3) is 0 Å². The molecule has 0 spiro atoms. The second-order valence-electron chi connectivity index (χ2n) is 6.39. The SMILES string of the molecule is N#Cc1cnn2c1[C@@H](O)[C@H]([C@H]1c3ccccc3-c3cncn31)CC2. The van der Waals surface area contributed by atoms with E-state index in [1.807, 2.05) is 24.7 Å². The van der Waals surface area contributed by atoms with E-state index in [1.165, 1.54) is 11.1 Å². The van der Waals surface area contributed by atoms with Gasteiger partial charge in [-0.05, 0) is 12.0 Å². The summed E-state index contributed by atoms with van der Waals surface area (Å²) < 4.78 is 3.91. The molecule has 6 heteroatoms. The molecule has 4 heterocycles. The lowest BCUT2D eigenvalue weighted by molar-refractivity contribution is 0.0523. The van der Waals surface area contributed by atoms with Gasteiger partial charge in [-0.3, -0.25) is 4.68 Å². The van der Waals surface area contributed by atoms with Crippen LogP contribution in [0.2, 0.25) is 0 Å². The fourth-order valence-electron chi connectivity index (χ4n) is 4.24. The molecule has 2 aliphatic rings. The normalized spacial score (nSPS) is 24.1. The topological polar surface area (TPSA) is 79.7 Å². The van der Waals surface area contributed by atoms with Crippen LogP contribution in [-0.2, 0) is 6.54 Å². The number of fused-ring (bicyclic) bond motifs is 4. The molecule has 0 radical (unpaired) electrons. The Morgan fingerprint density at radius 1 is 1.25 bits per heavy atom. The van der Waals surface area contributed by atoms with Crippen molar-refractivity contribution < 1.29 is 5.11 Å². The molecule has 0 fully saturated rings. The molecular weight excluding hydrogens is 302 g/mol. The number of aliphatic hydroxyl groups is 1. The standard InChI is InChI=1S/C18H15N5O/c19-7-11-8-21-23-6-5-14(18(24)16(11)23)17-13-4-2-1-3-12(13)15-9-20-10-22(15)17/h1-4,8-10,14,17-18,24H,5-6H2/t14-,17+,18-/m0/s1. The lowest BCUT2D eigenvalue weighted by Crippen LogP contribution is -2.31. The fraction of sp³-hybridized carbons (Fsp3) is 0.278. The fourth-order valence-corrected chi connectivity index (χ4v) is 4.24. The van der Waals surface area contributed by atoms with Crippen LogP contribution >= 0.6 is 0 Å². The Morgan fingerprint density at radius 3 is 3.00 bits per heavy atom. The number of aryl methyl sites for hydroxylation is 1. The monoisotopic (exact) mass is 317 g/mol. The number of hydrogen-bond acceptors (Lipinski definition) is 4. The van der Waals surface area contributed by atoms with Crippen molar-refractivity contribution in [3.63, 3.8) is 0 Å². The first-order chi connectivity index (χ1) is 11.8. The molecule has 3 aromatic rings. The molecule has 0 bridgehead atoms. The quantitative estimate of drug-likeness (QED) is 0.746. The van der Waals surface area contributed by atoms with Crippen molar-refractivity contribution in [3.8, 4) is 17.3 Å². The molecule has 0 aliphatic carbocycles. The minimum absolute atomic E-state index is 0.0158. The summed E-state index contributed by atoms with van der Waals surface area (Å²) >= 11 is 0. The number of imidazole rings is 1. The van der Waals surface area contributed by atoms with Gasteiger partial charge in [0.15, 0.2) is 0 Å². The van der Waals surface area contributed by atoms with Crippen LogP contribution in [0.1, 0.15) is 35.4 Å². The predicted octanol–water partition coefficient (Wildman–Crippen LogP) is 2.27. The summed E-state index contributed by atoms with van der Waals surface area (Å²) in [7, 11) is 0. The van der Waals surface area contributed by atoms with Gasteiger partial charge in [0, 0.05) is 18.0 Å². The Balaban J connectivity index is 1.64. The summed E-state index contributed by atoms with van der Waals surface area (Å²) in [4.78, 5) is 4.29. The molecule has 0 saturated heterocycles. The zero-order valence-corrected chi connectivity index (χ0v) is 12.9. The van der Waals surface area contributed by atoms with Gasteiger partial charge < -0.3 is 9.67 Å². The third kappa shape index (κ3) is 1.62. The van der Waals surface area contributed by atoms with Crippen molar-refractivity contribution in [2.45, 2.75) is 25.1 Å². The Labute approximate surface area is 138 Å². The molecule has 24 heavy (non-hydrogen) atoms. The summed E-state index contributed by atoms with van der Waals surface area (Å²) in [6.45, 7) is 0.710. The van der Waals surface area contributed by atoms with Crippen molar-refractivity contribution >= 4 is 0 Å². The third-order valence-electron chi connectivity index (χ3n) is 5.29. The van der Waals surface area contributed by atoms with E-state index in [0.717, 1.165) is 12.1 Å². The summed E-state index contributed by atoms with van der Waals surface area (Å²) in [5.74, 6) is -0.0158. The van der Waals surface area contributed by atoms with Crippen LogP contribution in [-0.4, -0.2) is 24.4 Å². The van der Waals surface area contributed by atoms with E-state index in [9.17, 15) is 10.4 Å². The maximum absolute atomic E-state index is 11.0. The van der Waals surface area contributed by atoms with Crippen molar-refractivity contribution in [2.75, 3.05) is 0 Å². The Kier molecular flexibility index (Phi) is 2.70. The molecule has 6 nitrogen and oxygen atoms in total.